The Balaban J connectivity index is 2.11. The van der Waals surface area contributed by atoms with Crippen molar-refractivity contribution in [2.45, 2.75) is 6.92 Å². The van der Waals surface area contributed by atoms with Crippen LogP contribution < -0.4 is 5.32 Å². The second-order valence-electron chi connectivity index (χ2n) is 4.68. The van der Waals surface area contributed by atoms with Gasteiger partial charge in [0.2, 0.25) is 0 Å². The Morgan fingerprint density at radius 2 is 1.95 bits per heavy atom. The number of aromatic nitrogens is 2. The SMILES string of the molecule is Cc1cc(Nc2cccc3cccnc23)c(C(=O)O)cn1. The van der Waals surface area contributed by atoms with Crippen LogP contribution in [-0.2, 0) is 0 Å². The number of carboxylic acids is 1. The fourth-order valence-electron chi connectivity index (χ4n) is 2.18. The fourth-order valence-corrected chi connectivity index (χ4v) is 2.18. The minimum Gasteiger partial charge on any atom is -0.478 e. The van der Waals surface area contributed by atoms with Gasteiger partial charge in [-0.05, 0) is 25.1 Å². The first-order chi connectivity index (χ1) is 10.1. The number of pyridine rings is 2. The molecule has 0 aliphatic heterocycles. The van der Waals surface area contributed by atoms with Crippen LogP contribution in [0.2, 0.25) is 0 Å². The third-order valence-electron chi connectivity index (χ3n) is 3.17. The van der Waals surface area contributed by atoms with E-state index in [1.807, 2.05) is 37.3 Å². The summed E-state index contributed by atoms with van der Waals surface area (Å²) in [4.78, 5) is 19.7. The minimum absolute atomic E-state index is 0.133. The van der Waals surface area contributed by atoms with Crippen molar-refractivity contribution in [2.75, 3.05) is 5.32 Å². The second kappa shape index (κ2) is 5.20. The zero-order valence-corrected chi connectivity index (χ0v) is 11.4. The molecular formula is C16H13N3O2. The van der Waals surface area contributed by atoms with Gasteiger partial charge in [-0.2, -0.15) is 0 Å². The van der Waals surface area contributed by atoms with Gasteiger partial charge in [0.1, 0.15) is 5.56 Å². The number of aromatic carboxylic acids is 1. The van der Waals surface area contributed by atoms with Crippen molar-refractivity contribution in [3.05, 3.63) is 60.0 Å². The molecule has 5 nitrogen and oxygen atoms in total. The number of aryl methyl sites for hydroxylation is 1. The summed E-state index contributed by atoms with van der Waals surface area (Å²) in [5, 5.41) is 13.4. The lowest BCUT2D eigenvalue weighted by Gasteiger charge is -2.11. The monoisotopic (exact) mass is 279 g/mol. The lowest BCUT2D eigenvalue weighted by atomic mass is 10.1. The van der Waals surface area contributed by atoms with E-state index < -0.39 is 5.97 Å². The molecule has 0 bridgehead atoms. The van der Waals surface area contributed by atoms with Crippen LogP contribution in [0.1, 0.15) is 16.1 Å². The Hall–Kier alpha value is -2.95. The molecule has 104 valence electrons. The molecule has 0 saturated carbocycles. The number of hydrogen-bond acceptors (Lipinski definition) is 4. The Morgan fingerprint density at radius 3 is 2.76 bits per heavy atom. The molecule has 2 aromatic heterocycles. The zero-order chi connectivity index (χ0) is 14.8. The average Bonchev–Trinajstić information content (AvgIpc) is 2.47. The van der Waals surface area contributed by atoms with Crippen LogP contribution in [-0.4, -0.2) is 21.0 Å². The summed E-state index contributed by atoms with van der Waals surface area (Å²) in [6.45, 7) is 1.82. The summed E-state index contributed by atoms with van der Waals surface area (Å²) in [7, 11) is 0. The number of nitrogens with one attached hydrogen (secondary N) is 1. The highest BCUT2D eigenvalue weighted by Crippen LogP contribution is 2.26. The van der Waals surface area contributed by atoms with Crippen LogP contribution >= 0.6 is 0 Å². The lowest BCUT2D eigenvalue weighted by molar-refractivity contribution is 0.0697. The third-order valence-corrected chi connectivity index (χ3v) is 3.17. The van der Waals surface area contributed by atoms with Crippen LogP contribution in [0, 0.1) is 6.92 Å². The van der Waals surface area contributed by atoms with E-state index in [1.54, 1.807) is 12.3 Å². The molecule has 21 heavy (non-hydrogen) atoms. The number of rotatable bonds is 3. The van der Waals surface area contributed by atoms with Crippen molar-refractivity contribution >= 4 is 28.2 Å². The van der Waals surface area contributed by atoms with Crippen LogP contribution in [0.4, 0.5) is 11.4 Å². The van der Waals surface area contributed by atoms with Crippen molar-refractivity contribution in [3.8, 4) is 0 Å². The second-order valence-corrected chi connectivity index (χ2v) is 4.68. The fraction of sp³-hybridized carbons (Fsp3) is 0.0625. The first kappa shape index (κ1) is 13.1. The van der Waals surface area contributed by atoms with Gasteiger partial charge in [-0.25, -0.2) is 4.79 Å². The summed E-state index contributed by atoms with van der Waals surface area (Å²) < 4.78 is 0. The molecule has 0 aliphatic rings. The molecule has 0 radical (unpaired) electrons. The van der Waals surface area contributed by atoms with Gasteiger partial charge in [-0.1, -0.05) is 18.2 Å². The quantitative estimate of drug-likeness (QED) is 0.768. The molecule has 3 aromatic rings. The van der Waals surface area contributed by atoms with Gasteiger partial charge in [0.05, 0.1) is 16.9 Å². The van der Waals surface area contributed by atoms with E-state index in [0.29, 0.717) is 5.69 Å². The first-order valence-electron chi connectivity index (χ1n) is 6.46. The van der Waals surface area contributed by atoms with Crippen molar-refractivity contribution < 1.29 is 9.90 Å². The number of anilines is 2. The van der Waals surface area contributed by atoms with Crippen LogP contribution in [0.25, 0.3) is 10.9 Å². The number of hydrogen-bond donors (Lipinski definition) is 2. The maximum absolute atomic E-state index is 11.3. The Kier molecular flexibility index (Phi) is 3.23. The summed E-state index contributed by atoms with van der Waals surface area (Å²) in [6, 6.07) is 11.3. The topological polar surface area (TPSA) is 75.1 Å². The van der Waals surface area contributed by atoms with Crippen molar-refractivity contribution in [1.82, 2.24) is 9.97 Å². The predicted octanol–water partition coefficient (Wildman–Crippen LogP) is 3.38. The number of carbonyl (C=O) groups is 1. The summed E-state index contributed by atoms with van der Waals surface area (Å²) in [6.07, 6.45) is 3.07. The molecule has 0 spiro atoms. The maximum Gasteiger partial charge on any atom is 0.339 e. The highest BCUT2D eigenvalue weighted by molar-refractivity contribution is 5.98. The Morgan fingerprint density at radius 1 is 1.14 bits per heavy atom. The van der Waals surface area contributed by atoms with E-state index in [-0.39, 0.29) is 5.56 Å². The van der Waals surface area contributed by atoms with Gasteiger partial charge in [0.15, 0.2) is 0 Å². The molecule has 2 heterocycles. The van der Waals surface area contributed by atoms with Gasteiger partial charge >= 0.3 is 5.97 Å². The molecule has 3 rings (SSSR count). The van der Waals surface area contributed by atoms with Crippen molar-refractivity contribution in [1.29, 1.82) is 0 Å². The van der Waals surface area contributed by atoms with Crippen LogP contribution in [0.3, 0.4) is 0 Å². The van der Waals surface area contributed by atoms with Gasteiger partial charge < -0.3 is 10.4 Å². The molecule has 0 unspecified atom stereocenters. The van der Waals surface area contributed by atoms with E-state index in [1.165, 1.54) is 6.20 Å². The number of benzene rings is 1. The zero-order valence-electron chi connectivity index (χ0n) is 11.4. The van der Waals surface area contributed by atoms with Gasteiger partial charge in [-0.3, -0.25) is 9.97 Å². The lowest BCUT2D eigenvalue weighted by Crippen LogP contribution is -2.04. The number of nitrogens with zero attached hydrogens (tertiary/aromatic N) is 2. The van der Waals surface area contributed by atoms with Crippen molar-refractivity contribution in [2.24, 2.45) is 0 Å². The van der Waals surface area contributed by atoms with Gasteiger partial charge in [-0.15, -0.1) is 0 Å². The minimum atomic E-state index is -1.02. The van der Waals surface area contributed by atoms with Crippen LogP contribution in [0.5, 0.6) is 0 Å². The molecule has 0 aliphatic carbocycles. The molecule has 0 saturated heterocycles. The molecule has 0 amide bonds. The third kappa shape index (κ3) is 2.53. The van der Waals surface area contributed by atoms with E-state index in [2.05, 4.69) is 15.3 Å². The standard InChI is InChI=1S/C16H13N3O2/c1-10-8-14(12(9-18-10)16(20)21)19-13-6-2-4-11-5-3-7-17-15(11)13/h2-9H,1H3,(H,18,19)(H,20,21). The number of fused-ring (bicyclic) bond motifs is 1. The average molecular weight is 279 g/mol. The smallest absolute Gasteiger partial charge is 0.339 e. The highest BCUT2D eigenvalue weighted by atomic mass is 16.4. The molecular weight excluding hydrogens is 266 g/mol. The highest BCUT2D eigenvalue weighted by Gasteiger charge is 2.12. The van der Waals surface area contributed by atoms with Crippen LogP contribution in [0.15, 0.2) is 48.8 Å². The Labute approximate surface area is 121 Å². The van der Waals surface area contributed by atoms with E-state index in [0.717, 1.165) is 22.3 Å². The van der Waals surface area contributed by atoms with Crippen molar-refractivity contribution in [3.63, 3.8) is 0 Å². The maximum atomic E-state index is 11.3. The molecule has 5 heteroatoms. The van der Waals surface area contributed by atoms with E-state index in [4.69, 9.17) is 0 Å². The van der Waals surface area contributed by atoms with Gasteiger partial charge in [0.25, 0.3) is 0 Å². The number of para-hydroxylation sites is 1. The summed E-state index contributed by atoms with van der Waals surface area (Å²) >= 11 is 0. The van der Waals surface area contributed by atoms with E-state index >= 15 is 0 Å². The number of carboxylic acid groups (broad SMARTS) is 1. The van der Waals surface area contributed by atoms with E-state index in [9.17, 15) is 9.90 Å². The Bertz CT molecular complexity index is 825. The predicted molar refractivity (Wildman–Crippen MR) is 81.0 cm³/mol. The molecule has 1 aromatic carbocycles. The van der Waals surface area contributed by atoms with Gasteiger partial charge in [0, 0.05) is 23.5 Å². The summed E-state index contributed by atoms with van der Waals surface area (Å²) in [5.74, 6) is -1.02. The molecule has 0 atom stereocenters. The summed E-state index contributed by atoms with van der Waals surface area (Å²) in [5.41, 5.74) is 2.95. The molecule has 2 N–H and O–H groups in total. The normalized spacial score (nSPS) is 10.5. The largest absolute Gasteiger partial charge is 0.478 e. The first-order valence-corrected chi connectivity index (χ1v) is 6.46. The molecule has 0 fully saturated rings.